The second-order valence-corrected chi connectivity index (χ2v) is 12.3. The lowest BCUT2D eigenvalue weighted by Crippen LogP contribution is -2.39. The average molecular weight is 720 g/mol. The number of esters is 1. The van der Waals surface area contributed by atoms with E-state index in [1.807, 2.05) is 56.3 Å². The fourth-order valence-corrected chi connectivity index (χ4v) is 6.50. The number of fused-ring (bicyclic) bond motifs is 1. The molecule has 3 aromatic carbocycles. The van der Waals surface area contributed by atoms with Crippen LogP contribution >= 0.6 is 27.3 Å². The standard InChI is InChI=1S/C36H35BrN2O7S/c1-6-9-25-16-23(17-30(42-4)33(25)46-21-22-10-13-26(37)14-11-22)18-31-34(40)39-32(27(35(41)43-5)20-38-36(39)47-31)24-12-15-28(44-7-2)29(19-24)45-8-3/h6,10-20,32H,1,7-9,21H2,2-5H3/b31-18-/t32-/m0/s1. The first-order valence-corrected chi connectivity index (χ1v) is 16.6. The molecule has 0 fully saturated rings. The smallest absolute Gasteiger partial charge is 0.337 e. The number of nitrogens with zero attached hydrogens (tertiary/aromatic N) is 2. The molecule has 0 N–H and O–H groups in total. The van der Waals surface area contributed by atoms with Gasteiger partial charge in [-0.15, -0.1) is 6.58 Å². The Hall–Kier alpha value is -4.61. The SMILES string of the molecule is C=CCc1cc(/C=c2\sc3n(c2=O)[C@@H](c2ccc(OCC)c(OCC)c2)C(C(=O)OC)=CN=3)cc(OC)c1OCc1ccc(Br)cc1. The summed E-state index contributed by atoms with van der Waals surface area (Å²) in [5.74, 6) is 1.64. The number of hydrogen-bond donors (Lipinski definition) is 0. The molecule has 0 unspecified atom stereocenters. The largest absolute Gasteiger partial charge is 0.493 e. The highest BCUT2D eigenvalue weighted by Gasteiger charge is 2.31. The highest BCUT2D eigenvalue weighted by Crippen LogP contribution is 2.36. The second kappa shape index (κ2) is 15.3. The molecule has 2 heterocycles. The minimum absolute atomic E-state index is 0.222. The van der Waals surface area contributed by atoms with Crippen molar-refractivity contribution in [3.05, 3.63) is 125 Å². The van der Waals surface area contributed by atoms with Crippen LogP contribution in [0.2, 0.25) is 0 Å². The van der Waals surface area contributed by atoms with E-state index in [9.17, 15) is 9.59 Å². The van der Waals surface area contributed by atoms with E-state index in [0.29, 0.717) is 64.1 Å². The van der Waals surface area contributed by atoms with Crippen molar-refractivity contribution >= 4 is 39.3 Å². The number of aromatic nitrogens is 1. The van der Waals surface area contributed by atoms with E-state index < -0.39 is 12.0 Å². The van der Waals surface area contributed by atoms with Crippen molar-refractivity contribution in [2.45, 2.75) is 32.9 Å². The Morgan fingerprint density at radius 3 is 2.43 bits per heavy atom. The lowest BCUT2D eigenvalue weighted by atomic mass is 9.97. The molecule has 9 nitrogen and oxygen atoms in total. The van der Waals surface area contributed by atoms with Gasteiger partial charge in [0.25, 0.3) is 5.56 Å². The van der Waals surface area contributed by atoms with Crippen molar-refractivity contribution in [1.29, 1.82) is 0 Å². The van der Waals surface area contributed by atoms with Gasteiger partial charge in [-0.05, 0) is 79.4 Å². The van der Waals surface area contributed by atoms with Gasteiger partial charge in [0, 0.05) is 16.2 Å². The summed E-state index contributed by atoms with van der Waals surface area (Å²) in [4.78, 5) is 32.0. The Kier molecular flexibility index (Phi) is 11.0. The summed E-state index contributed by atoms with van der Waals surface area (Å²) in [5, 5.41) is 0. The van der Waals surface area contributed by atoms with Gasteiger partial charge in [-0.2, -0.15) is 0 Å². The summed E-state index contributed by atoms with van der Waals surface area (Å²) in [6.45, 7) is 8.91. The van der Waals surface area contributed by atoms with Crippen LogP contribution in [0.1, 0.15) is 42.1 Å². The Balaban J connectivity index is 1.59. The van der Waals surface area contributed by atoms with Crippen LogP contribution in [0.25, 0.3) is 6.08 Å². The number of rotatable bonds is 13. The topological polar surface area (TPSA) is 97.6 Å². The minimum Gasteiger partial charge on any atom is -0.493 e. The van der Waals surface area contributed by atoms with Crippen molar-refractivity contribution in [1.82, 2.24) is 4.57 Å². The van der Waals surface area contributed by atoms with E-state index in [-0.39, 0.29) is 11.1 Å². The third-order valence-corrected chi connectivity index (χ3v) is 8.87. The molecule has 11 heteroatoms. The summed E-state index contributed by atoms with van der Waals surface area (Å²) in [6, 6.07) is 16.3. The zero-order chi connectivity index (χ0) is 33.5. The van der Waals surface area contributed by atoms with Crippen LogP contribution in [0.4, 0.5) is 0 Å². The number of methoxy groups -OCH3 is 2. The monoisotopic (exact) mass is 718 g/mol. The summed E-state index contributed by atoms with van der Waals surface area (Å²) in [6.07, 6.45) is 5.57. The van der Waals surface area contributed by atoms with Gasteiger partial charge in [-0.25, -0.2) is 9.79 Å². The number of benzene rings is 3. The zero-order valence-electron chi connectivity index (χ0n) is 26.6. The van der Waals surface area contributed by atoms with Gasteiger partial charge in [0.2, 0.25) is 0 Å². The van der Waals surface area contributed by atoms with Crippen LogP contribution in [0.15, 0.2) is 93.3 Å². The van der Waals surface area contributed by atoms with Crippen LogP contribution in [0.3, 0.4) is 0 Å². The average Bonchev–Trinajstić information content (AvgIpc) is 3.39. The van der Waals surface area contributed by atoms with Gasteiger partial charge in [0.15, 0.2) is 27.8 Å². The Labute approximate surface area is 285 Å². The molecule has 47 heavy (non-hydrogen) atoms. The maximum absolute atomic E-state index is 14.1. The van der Waals surface area contributed by atoms with Crippen molar-refractivity contribution in [3.63, 3.8) is 0 Å². The number of thiazole rings is 1. The summed E-state index contributed by atoms with van der Waals surface area (Å²) in [5.41, 5.74) is 3.17. The van der Waals surface area contributed by atoms with Gasteiger partial charge < -0.3 is 23.7 Å². The molecule has 0 aliphatic carbocycles. The van der Waals surface area contributed by atoms with E-state index in [0.717, 1.165) is 21.2 Å². The lowest BCUT2D eigenvalue weighted by Gasteiger charge is -2.23. The van der Waals surface area contributed by atoms with Crippen molar-refractivity contribution in [2.75, 3.05) is 27.4 Å². The number of halogens is 1. The summed E-state index contributed by atoms with van der Waals surface area (Å²) in [7, 11) is 2.88. The van der Waals surface area contributed by atoms with Crippen LogP contribution in [0.5, 0.6) is 23.0 Å². The molecular formula is C36H35BrN2O7S. The second-order valence-electron chi connectivity index (χ2n) is 10.4. The molecule has 1 aliphatic rings. The van der Waals surface area contributed by atoms with Crippen molar-refractivity contribution in [3.8, 4) is 23.0 Å². The molecule has 0 saturated heterocycles. The fourth-order valence-electron chi connectivity index (χ4n) is 5.26. The Bertz CT molecular complexity index is 2000. The van der Waals surface area contributed by atoms with Gasteiger partial charge >= 0.3 is 5.97 Å². The molecule has 1 aromatic heterocycles. The zero-order valence-corrected chi connectivity index (χ0v) is 29.0. The number of carbonyl (C=O) groups excluding carboxylic acids is 1. The quantitative estimate of drug-likeness (QED) is 0.126. The molecule has 0 amide bonds. The highest BCUT2D eigenvalue weighted by atomic mass is 79.9. The maximum atomic E-state index is 14.1. The highest BCUT2D eigenvalue weighted by molar-refractivity contribution is 9.10. The normalized spacial score (nSPS) is 14.0. The van der Waals surface area contributed by atoms with E-state index in [4.69, 9.17) is 23.7 Å². The first-order chi connectivity index (χ1) is 22.8. The predicted molar refractivity (Wildman–Crippen MR) is 185 cm³/mol. The van der Waals surface area contributed by atoms with E-state index in [1.54, 1.807) is 31.4 Å². The van der Waals surface area contributed by atoms with Gasteiger partial charge in [0.1, 0.15) is 6.61 Å². The van der Waals surface area contributed by atoms with Gasteiger partial charge in [-0.3, -0.25) is 9.36 Å². The first-order valence-electron chi connectivity index (χ1n) is 15.0. The van der Waals surface area contributed by atoms with E-state index in [2.05, 4.69) is 27.5 Å². The molecule has 0 radical (unpaired) electrons. The summed E-state index contributed by atoms with van der Waals surface area (Å²) >= 11 is 4.69. The first kappa shape index (κ1) is 33.7. The van der Waals surface area contributed by atoms with E-state index in [1.165, 1.54) is 29.2 Å². The van der Waals surface area contributed by atoms with Crippen LogP contribution in [-0.4, -0.2) is 38.0 Å². The fraction of sp³-hybridized carbons (Fsp3) is 0.250. The molecule has 4 aromatic rings. The van der Waals surface area contributed by atoms with Gasteiger partial charge in [0.05, 0.1) is 43.6 Å². The number of ether oxygens (including phenoxy) is 5. The number of allylic oxidation sites excluding steroid dienone is 1. The molecule has 1 aliphatic heterocycles. The third kappa shape index (κ3) is 7.36. The predicted octanol–water partition coefficient (Wildman–Crippen LogP) is 5.89. The summed E-state index contributed by atoms with van der Waals surface area (Å²) < 4.78 is 31.6. The molecule has 0 bridgehead atoms. The molecule has 244 valence electrons. The minimum atomic E-state index is -0.795. The Morgan fingerprint density at radius 2 is 1.74 bits per heavy atom. The molecule has 0 spiro atoms. The van der Waals surface area contributed by atoms with Crippen LogP contribution in [-0.2, 0) is 22.6 Å². The Morgan fingerprint density at radius 1 is 1.00 bits per heavy atom. The molecule has 5 rings (SSSR count). The maximum Gasteiger partial charge on any atom is 0.337 e. The van der Waals surface area contributed by atoms with E-state index >= 15 is 0 Å². The molecule has 1 atom stereocenters. The lowest BCUT2D eigenvalue weighted by molar-refractivity contribution is -0.136. The van der Waals surface area contributed by atoms with Crippen LogP contribution in [0, 0.1) is 0 Å². The molecule has 0 saturated carbocycles. The number of carbonyl (C=O) groups is 1. The van der Waals surface area contributed by atoms with Crippen LogP contribution < -0.4 is 33.8 Å². The number of hydrogen-bond acceptors (Lipinski definition) is 9. The van der Waals surface area contributed by atoms with Crippen molar-refractivity contribution < 1.29 is 28.5 Å². The van der Waals surface area contributed by atoms with Crippen molar-refractivity contribution in [2.24, 2.45) is 4.99 Å². The molecular weight excluding hydrogens is 684 g/mol. The third-order valence-electron chi connectivity index (χ3n) is 7.34. The van der Waals surface area contributed by atoms with Gasteiger partial charge in [-0.1, -0.05) is 51.5 Å².